The van der Waals surface area contributed by atoms with Crippen LogP contribution in [0.15, 0.2) is 90.3 Å². The molecule has 184 valence electrons. The van der Waals surface area contributed by atoms with Gasteiger partial charge in [0.2, 0.25) is 5.95 Å². The van der Waals surface area contributed by atoms with Gasteiger partial charge in [0, 0.05) is 11.1 Å². The summed E-state index contributed by atoms with van der Waals surface area (Å²) >= 11 is 6.42. The molecule has 0 fully saturated rings. The summed E-state index contributed by atoms with van der Waals surface area (Å²) in [5.41, 5.74) is 11.5. The Bertz CT molecular complexity index is 1530. The fraction of sp³-hybridized carbons (Fsp3) is 0.100. The minimum absolute atomic E-state index is 0.0592. The minimum Gasteiger partial charge on any atom is -0.379 e. The predicted molar refractivity (Wildman–Crippen MR) is 163 cm³/mol. The highest BCUT2D eigenvalue weighted by Gasteiger charge is 2.27. The summed E-state index contributed by atoms with van der Waals surface area (Å²) < 4.78 is 0. The Morgan fingerprint density at radius 1 is 0.947 bits per heavy atom. The number of nitrogens with two attached hydrogens (primary N) is 1. The second-order valence-corrected chi connectivity index (χ2v) is 9.95. The molecule has 1 aliphatic rings. The van der Waals surface area contributed by atoms with Crippen LogP contribution in [0.3, 0.4) is 0 Å². The van der Waals surface area contributed by atoms with Gasteiger partial charge in [-0.2, -0.15) is 22.6 Å². The van der Waals surface area contributed by atoms with Crippen LogP contribution in [-0.2, 0) is 0 Å². The van der Waals surface area contributed by atoms with Crippen LogP contribution in [0.2, 0.25) is 0 Å². The third-order valence-corrected chi connectivity index (χ3v) is 7.25. The molecule has 2 heterocycles. The molecule has 0 saturated carbocycles. The molecule has 3 aromatic carbocycles. The molecule has 0 bridgehead atoms. The van der Waals surface area contributed by atoms with Crippen molar-refractivity contribution in [2.45, 2.75) is 17.4 Å². The zero-order valence-corrected chi connectivity index (χ0v) is 22.4. The van der Waals surface area contributed by atoms with Crippen molar-refractivity contribution in [2.75, 3.05) is 5.23 Å². The zero-order valence-electron chi connectivity index (χ0n) is 20.7. The first-order chi connectivity index (χ1) is 18.6. The van der Waals surface area contributed by atoms with Crippen LogP contribution in [0.25, 0.3) is 22.8 Å². The number of aromatic nitrogens is 3. The SMILES string of the molecule is CC#CC(S)c1cccc(C2C#CC=CS2)c1B(N)Nc1nc(-c2ccccc2)nc(-c2ccccc2)n1. The maximum atomic E-state index is 6.88. The number of anilines is 1. The highest BCUT2D eigenvalue weighted by Crippen LogP contribution is 2.32. The van der Waals surface area contributed by atoms with E-state index in [2.05, 4.69) is 35.0 Å². The maximum Gasteiger partial charge on any atom is 0.373 e. The molecular formula is C30H24BN5S2. The molecule has 8 heteroatoms. The van der Waals surface area contributed by atoms with E-state index < -0.39 is 6.98 Å². The Balaban J connectivity index is 1.59. The van der Waals surface area contributed by atoms with Gasteiger partial charge in [-0.3, -0.25) is 0 Å². The van der Waals surface area contributed by atoms with Crippen molar-refractivity contribution in [1.82, 2.24) is 15.0 Å². The van der Waals surface area contributed by atoms with Crippen LogP contribution < -0.4 is 16.3 Å². The molecule has 1 aliphatic heterocycles. The standard InChI is InChI=1S/C30H24BN5S2/c1-2-12-25(37)23-17-11-18-24(26-19-9-10-20-38-26)27(23)31(32)36-30-34-28(21-13-5-3-6-14-21)33-29(35-30)22-15-7-4-8-16-22/h3-8,10-11,13-18,20,25-26,37H,32H2,1H3,(H,33,34,35,36). The van der Waals surface area contributed by atoms with Gasteiger partial charge in [0.15, 0.2) is 11.6 Å². The lowest BCUT2D eigenvalue weighted by Gasteiger charge is -2.23. The van der Waals surface area contributed by atoms with E-state index in [1.807, 2.05) is 84.3 Å². The summed E-state index contributed by atoms with van der Waals surface area (Å²) in [6, 6.07) is 25.7. The fourth-order valence-corrected chi connectivity index (χ4v) is 5.33. The molecule has 0 saturated heterocycles. The van der Waals surface area contributed by atoms with Gasteiger partial charge in [-0.25, -0.2) is 4.98 Å². The van der Waals surface area contributed by atoms with Crippen LogP contribution in [0.4, 0.5) is 5.95 Å². The van der Waals surface area contributed by atoms with Crippen LogP contribution in [0.5, 0.6) is 0 Å². The van der Waals surface area contributed by atoms with Crippen molar-refractivity contribution in [3.63, 3.8) is 0 Å². The average Bonchev–Trinajstić information content (AvgIpc) is 2.98. The Morgan fingerprint density at radius 3 is 2.18 bits per heavy atom. The second-order valence-electron chi connectivity index (χ2n) is 8.41. The van der Waals surface area contributed by atoms with Crippen molar-refractivity contribution in [3.05, 3.63) is 101 Å². The lowest BCUT2D eigenvalue weighted by atomic mass is 9.64. The van der Waals surface area contributed by atoms with Crippen molar-refractivity contribution in [2.24, 2.45) is 5.64 Å². The van der Waals surface area contributed by atoms with Crippen LogP contribution in [-0.4, -0.2) is 21.9 Å². The smallest absolute Gasteiger partial charge is 0.373 e. The molecule has 1 aromatic heterocycles. The number of hydrogen-bond donors (Lipinski definition) is 3. The predicted octanol–water partition coefficient (Wildman–Crippen LogP) is 5.27. The monoisotopic (exact) mass is 529 g/mol. The lowest BCUT2D eigenvalue weighted by Crippen LogP contribution is -2.51. The first-order valence-corrected chi connectivity index (χ1v) is 13.5. The van der Waals surface area contributed by atoms with Crippen molar-refractivity contribution in [3.8, 4) is 46.5 Å². The van der Waals surface area contributed by atoms with Gasteiger partial charge in [-0.05, 0) is 35.0 Å². The highest BCUT2D eigenvalue weighted by molar-refractivity contribution is 8.02. The summed E-state index contributed by atoms with van der Waals surface area (Å²) in [4.78, 5) is 14.2. The molecule has 2 unspecified atom stereocenters. The molecule has 5 rings (SSSR count). The number of hydrogen-bond acceptors (Lipinski definition) is 7. The van der Waals surface area contributed by atoms with E-state index in [0.717, 1.165) is 27.7 Å². The van der Waals surface area contributed by atoms with Crippen LogP contribution in [0.1, 0.15) is 28.6 Å². The van der Waals surface area contributed by atoms with E-state index in [1.165, 1.54) is 0 Å². The normalized spacial score (nSPS) is 14.4. The van der Waals surface area contributed by atoms with E-state index in [9.17, 15) is 0 Å². The van der Waals surface area contributed by atoms with Crippen molar-refractivity contribution in [1.29, 1.82) is 0 Å². The van der Waals surface area contributed by atoms with Gasteiger partial charge in [-0.1, -0.05) is 96.6 Å². The molecule has 5 nitrogen and oxygen atoms in total. The van der Waals surface area contributed by atoms with Gasteiger partial charge in [0.1, 0.15) is 0 Å². The van der Waals surface area contributed by atoms with E-state index in [-0.39, 0.29) is 10.5 Å². The van der Waals surface area contributed by atoms with E-state index >= 15 is 0 Å². The molecule has 2 atom stereocenters. The van der Waals surface area contributed by atoms with Crippen LogP contribution >= 0.6 is 24.4 Å². The number of nitrogens with zero attached hydrogens (tertiary/aromatic N) is 3. The van der Waals surface area contributed by atoms with E-state index in [0.29, 0.717) is 17.6 Å². The molecule has 0 aliphatic carbocycles. The summed E-state index contributed by atoms with van der Waals surface area (Å²) in [6.45, 7) is 1.16. The quantitative estimate of drug-likeness (QED) is 0.172. The largest absolute Gasteiger partial charge is 0.379 e. The number of nitrogens with one attached hydrogen (secondary N) is 1. The highest BCUT2D eigenvalue weighted by atomic mass is 32.2. The summed E-state index contributed by atoms with van der Waals surface area (Å²) in [6.07, 6.45) is 1.86. The molecular weight excluding hydrogens is 505 g/mol. The fourth-order valence-electron chi connectivity index (χ4n) is 4.19. The van der Waals surface area contributed by atoms with Gasteiger partial charge >= 0.3 is 6.98 Å². The first kappa shape index (κ1) is 25.7. The summed E-state index contributed by atoms with van der Waals surface area (Å²) in [5, 5.41) is 4.99. The van der Waals surface area contributed by atoms with Gasteiger partial charge < -0.3 is 10.9 Å². The summed E-state index contributed by atoms with van der Waals surface area (Å²) in [7, 11) is 0. The molecule has 3 N–H and O–H groups in total. The zero-order chi connectivity index (χ0) is 26.3. The molecule has 4 aromatic rings. The van der Waals surface area contributed by atoms with Crippen molar-refractivity contribution >= 4 is 42.8 Å². The lowest BCUT2D eigenvalue weighted by molar-refractivity contribution is 1.08. The van der Waals surface area contributed by atoms with Crippen LogP contribution in [0, 0.1) is 23.7 Å². The van der Waals surface area contributed by atoms with Gasteiger partial charge in [-0.15, -0.1) is 17.7 Å². The molecule has 0 amide bonds. The Hall–Kier alpha value is -3.95. The maximum absolute atomic E-state index is 6.88. The van der Waals surface area contributed by atoms with E-state index in [4.69, 9.17) is 33.2 Å². The number of benzene rings is 3. The second kappa shape index (κ2) is 12.1. The Morgan fingerprint density at radius 2 is 1.61 bits per heavy atom. The number of rotatable bonds is 7. The Kier molecular flexibility index (Phi) is 8.16. The summed E-state index contributed by atoms with van der Waals surface area (Å²) in [5.74, 6) is 14.0. The van der Waals surface area contributed by atoms with E-state index in [1.54, 1.807) is 18.7 Å². The minimum atomic E-state index is -0.641. The number of allylic oxidation sites excluding steroid dienone is 1. The molecule has 38 heavy (non-hydrogen) atoms. The molecule has 0 radical (unpaired) electrons. The number of thiol groups is 1. The third kappa shape index (κ3) is 5.79. The van der Waals surface area contributed by atoms with Gasteiger partial charge in [0.05, 0.1) is 10.5 Å². The first-order valence-electron chi connectivity index (χ1n) is 12.1. The van der Waals surface area contributed by atoms with Crippen molar-refractivity contribution < 1.29 is 0 Å². The third-order valence-electron chi connectivity index (χ3n) is 5.91. The topological polar surface area (TPSA) is 76.7 Å². The average molecular weight is 530 g/mol. The molecule has 0 spiro atoms. The van der Waals surface area contributed by atoms with Gasteiger partial charge in [0.25, 0.3) is 0 Å². The Labute approximate surface area is 233 Å². The number of thioether (sulfide) groups is 1.